The largest absolute Gasteiger partial charge is 0.456 e. The van der Waals surface area contributed by atoms with Crippen molar-refractivity contribution >= 4 is 132 Å². The number of furan rings is 1. The quantitative estimate of drug-likeness (QED) is 0.102. The summed E-state index contributed by atoms with van der Waals surface area (Å²) in [5.74, 6) is -0.479. The first-order valence-corrected chi connectivity index (χ1v) is 41.0. The van der Waals surface area contributed by atoms with Gasteiger partial charge in [0.05, 0.1) is 22.1 Å². The van der Waals surface area contributed by atoms with Crippen molar-refractivity contribution in [3.8, 4) is 78.1 Å². The second-order valence-electron chi connectivity index (χ2n) is 31.0. The molecule has 0 atom stereocenters. The molecule has 5 nitrogen and oxygen atoms in total. The molecule has 20 aromatic carbocycles. The molecule has 0 aliphatic carbocycles. The van der Waals surface area contributed by atoms with Crippen molar-refractivity contribution in [2.75, 3.05) is 9.80 Å². The first-order chi connectivity index (χ1) is 59.8. The molecule has 121 heavy (non-hydrogen) atoms. The van der Waals surface area contributed by atoms with Crippen LogP contribution in [-0.2, 0) is 0 Å². The third kappa shape index (κ3) is 13.1. The van der Waals surface area contributed by atoms with E-state index in [4.69, 9.17) is 4.42 Å². The molecule has 0 amide bonds. The molecule has 0 N–H and O–H groups in total. The van der Waals surface area contributed by atoms with Gasteiger partial charge in [-0.15, -0.1) is 0 Å². The Bertz CT molecular complexity index is 7800. The molecule has 23 rings (SSSR count). The number of rotatable bonds is 14. The number of fused-ring (bicyclic) bond motifs is 15. The summed E-state index contributed by atoms with van der Waals surface area (Å²) in [4.78, 5) is 4.58. The maximum absolute atomic E-state index is 13.8. The van der Waals surface area contributed by atoms with E-state index in [0.717, 1.165) is 123 Å². The van der Waals surface area contributed by atoms with Gasteiger partial charge in [0.1, 0.15) is 22.8 Å². The molecule has 3 heterocycles. The van der Waals surface area contributed by atoms with Gasteiger partial charge in [0.15, 0.2) is 0 Å². The van der Waals surface area contributed by atoms with Gasteiger partial charge >= 0.3 is 0 Å². The van der Waals surface area contributed by atoms with Crippen molar-refractivity contribution < 1.29 is 13.2 Å². The van der Waals surface area contributed by atoms with Gasteiger partial charge in [0.2, 0.25) is 0 Å². The fraction of sp³-hybridized carbons (Fsp3) is 0. The van der Waals surface area contributed by atoms with Crippen LogP contribution < -0.4 is 9.80 Å². The van der Waals surface area contributed by atoms with Crippen LogP contribution in [0.3, 0.4) is 0 Å². The summed E-state index contributed by atoms with van der Waals surface area (Å²) < 4.78 is 38.4. The molecule has 0 saturated carbocycles. The molecule has 0 bridgehead atoms. The van der Waals surface area contributed by atoms with Gasteiger partial charge in [-0.25, -0.2) is 8.78 Å². The Hall–Kier alpha value is -16.0. The van der Waals surface area contributed by atoms with E-state index in [1.807, 2.05) is 42.5 Å². The van der Waals surface area contributed by atoms with Crippen molar-refractivity contribution in [1.82, 2.24) is 9.13 Å². The van der Waals surface area contributed by atoms with E-state index in [2.05, 4.69) is 401 Å². The van der Waals surface area contributed by atoms with Crippen molar-refractivity contribution in [3.05, 3.63) is 461 Å². The zero-order chi connectivity index (χ0) is 80.4. The molecule has 23 aromatic rings. The predicted molar refractivity (Wildman–Crippen MR) is 503 cm³/mol. The first-order valence-electron chi connectivity index (χ1n) is 41.0. The van der Waals surface area contributed by atoms with Crippen LogP contribution in [0.2, 0.25) is 0 Å². The third-order valence-corrected chi connectivity index (χ3v) is 23.9. The van der Waals surface area contributed by atoms with Crippen molar-refractivity contribution in [1.29, 1.82) is 0 Å². The van der Waals surface area contributed by atoms with Gasteiger partial charge in [0.25, 0.3) is 0 Å². The SMILES string of the molecule is Fc1ccc(-c2ccc(N(c3ccc(-c4ccc5c(c4)oc4ccccc45)cc3)c3ccc(-c4ccc5c(c4)c4ccccc4n5-c4ccccc4)cc3)cc2)cc1.Fc1ccc(-c2ccc(N(c3ccc(-c4ccc5c6ccccc6c6ccccc6c5c4)cc3)c3ccc(-c4ccc5c(c4)c4ccccc4n5-c4ccccc4)cc3)cc2)cc1. The van der Waals surface area contributed by atoms with Crippen LogP contribution in [0.5, 0.6) is 0 Å². The summed E-state index contributed by atoms with van der Waals surface area (Å²) in [6.07, 6.45) is 0. The number of anilines is 6. The molecule has 0 aliphatic heterocycles. The Kier molecular flexibility index (Phi) is 17.9. The molecule has 0 spiro atoms. The van der Waals surface area contributed by atoms with Crippen molar-refractivity contribution in [3.63, 3.8) is 0 Å². The lowest BCUT2D eigenvalue weighted by Gasteiger charge is -2.26. The fourth-order valence-electron chi connectivity index (χ4n) is 18.0. The van der Waals surface area contributed by atoms with Crippen LogP contribution in [0.1, 0.15) is 0 Å². The van der Waals surface area contributed by atoms with E-state index >= 15 is 0 Å². The number of halogens is 2. The molecule has 0 radical (unpaired) electrons. The van der Waals surface area contributed by atoms with E-state index in [-0.39, 0.29) is 11.6 Å². The van der Waals surface area contributed by atoms with Crippen LogP contribution in [-0.4, -0.2) is 9.13 Å². The van der Waals surface area contributed by atoms with Gasteiger partial charge < -0.3 is 23.4 Å². The van der Waals surface area contributed by atoms with E-state index in [9.17, 15) is 8.78 Å². The normalized spacial score (nSPS) is 11.6. The number of aromatic nitrogens is 2. The van der Waals surface area contributed by atoms with Gasteiger partial charge in [-0.3, -0.25) is 0 Å². The molecule has 0 aliphatic rings. The smallest absolute Gasteiger partial charge is 0.136 e. The molecular weight excluding hydrogens is 1480 g/mol. The van der Waals surface area contributed by atoms with Crippen LogP contribution in [0.15, 0.2) is 453 Å². The Morgan fingerprint density at radius 1 is 0.165 bits per heavy atom. The van der Waals surface area contributed by atoms with Gasteiger partial charge in [-0.1, -0.05) is 267 Å². The summed E-state index contributed by atoms with van der Waals surface area (Å²) in [5, 5.41) is 14.8. The molecule has 0 unspecified atom stereocenters. The second kappa shape index (κ2) is 30.3. The van der Waals surface area contributed by atoms with Gasteiger partial charge in [0, 0.05) is 77.8 Å². The number of hydrogen-bond acceptors (Lipinski definition) is 3. The zero-order valence-corrected chi connectivity index (χ0v) is 65.7. The highest BCUT2D eigenvalue weighted by Crippen LogP contribution is 2.45. The number of benzene rings is 20. The van der Waals surface area contributed by atoms with Gasteiger partial charge in [-0.05, 0) is 281 Å². The van der Waals surface area contributed by atoms with Crippen LogP contribution in [0.25, 0.3) is 176 Å². The topological polar surface area (TPSA) is 29.5 Å². The van der Waals surface area contributed by atoms with Crippen LogP contribution in [0.4, 0.5) is 42.9 Å². The van der Waals surface area contributed by atoms with E-state index < -0.39 is 0 Å². The summed E-state index contributed by atoms with van der Waals surface area (Å²) >= 11 is 0. The minimum atomic E-state index is -0.241. The first kappa shape index (κ1) is 71.6. The standard InChI is InChI=1S/C60H39FN2.C54H35FN2O/c61-46-28-18-40(19-29-46)41-20-30-48(31-21-41)62(49-32-22-42(23-33-49)44-26-36-55-53-14-5-4-12-51(53)52-13-6-7-15-54(52)57(55)38-44)50-34-24-43(25-35-50)45-27-37-60-58(39-45)56-16-8-9-17-59(56)63(60)47-10-2-1-3-11-47;55-42-24-14-36(15-25-42)37-16-26-44(27-17-37)56(46-30-20-39(21-31-46)41-22-32-49-48-11-5-7-13-53(48)58-54(49)35-41)45-28-18-38(19-29-45)40-23-33-52-50(34-40)47-10-4-6-12-51(47)57(52)43-8-2-1-3-9-43/h1-39H;1-35H. The van der Waals surface area contributed by atoms with E-state index in [0.29, 0.717) is 0 Å². The average Bonchev–Trinajstić information content (AvgIpc) is 1.72. The average molecular weight is 1550 g/mol. The Morgan fingerprint density at radius 2 is 0.405 bits per heavy atom. The Morgan fingerprint density at radius 3 is 0.777 bits per heavy atom. The lowest BCUT2D eigenvalue weighted by molar-refractivity contribution is 0.627. The Labute approximate surface area is 698 Å². The molecule has 0 saturated heterocycles. The number of nitrogens with zero attached hydrogens (tertiary/aromatic N) is 4. The predicted octanol–water partition coefficient (Wildman–Crippen LogP) is 32.1. The highest BCUT2D eigenvalue weighted by atomic mass is 19.1. The van der Waals surface area contributed by atoms with Crippen molar-refractivity contribution in [2.24, 2.45) is 0 Å². The van der Waals surface area contributed by atoms with E-state index in [1.165, 1.54) is 111 Å². The maximum atomic E-state index is 13.8. The fourth-order valence-corrected chi connectivity index (χ4v) is 18.0. The minimum absolute atomic E-state index is 0.238. The highest BCUT2D eigenvalue weighted by Gasteiger charge is 2.21. The van der Waals surface area contributed by atoms with Crippen LogP contribution >= 0.6 is 0 Å². The van der Waals surface area contributed by atoms with Crippen molar-refractivity contribution in [2.45, 2.75) is 0 Å². The summed E-state index contributed by atoms with van der Waals surface area (Å²) in [6.45, 7) is 0. The summed E-state index contributed by atoms with van der Waals surface area (Å²) in [5.41, 5.74) is 28.2. The Balaban J connectivity index is 0.000000145. The molecule has 0 fully saturated rings. The zero-order valence-electron chi connectivity index (χ0n) is 65.7. The lowest BCUT2D eigenvalue weighted by atomic mass is 9.92. The molecule has 3 aromatic heterocycles. The lowest BCUT2D eigenvalue weighted by Crippen LogP contribution is -2.09. The second-order valence-corrected chi connectivity index (χ2v) is 31.0. The van der Waals surface area contributed by atoms with Gasteiger partial charge in [-0.2, -0.15) is 0 Å². The summed E-state index contributed by atoms with van der Waals surface area (Å²) in [7, 11) is 0. The summed E-state index contributed by atoms with van der Waals surface area (Å²) in [6, 6.07) is 157. The third-order valence-electron chi connectivity index (χ3n) is 23.9. The number of para-hydroxylation sites is 5. The monoisotopic (exact) mass is 1550 g/mol. The highest BCUT2D eigenvalue weighted by molar-refractivity contribution is 6.26. The minimum Gasteiger partial charge on any atom is -0.456 e. The maximum Gasteiger partial charge on any atom is 0.136 e. The molecule has 7 heteroatoms. The molecule has 570 valence electrons. The van der Waals surface area contributed by atoms with E-state index in [1.54, 1.807) is 0 Å². The van der Waals surface area contributed by atoms with Crippen LogP contribution in [0, 0.1) is 11.6 Å². The number of hydrogen-bond donors (Lipinski definition) is 0. The molecular formula is C114H74F2N4O.